The van der Waals surface area contributed by atoms with Crippen LogP contribution in [0.15, 0.2) is 4.99 Å². The summed E-state index contributed by atoms with van der Waals surface area (Å²) in [6, 6.07) is 0.605. The first-order valence-corrected chi connectivity index (χ1v) is 6.62. The second-order valence-electron chi connectivity index (χ2n) is 4.68. The van der Waals surface area contributed by atoms with Gasteiger partial charge in [0.25, 0.3) is 0 Å². The number of aliphatic imine (C=N–C) groups is 1. The molecule has 2 nitrogen and oxygen atoms in total. The van der Waals surface area contributed by atoms with Crippen LogP contribution in [-0.2, 0) is 0 Å². The third kappa shape index (κ3) is 5.81. The molecule has 1 heterocycles. The Hall–Kier alpha value is -0.530. The standard InChI is InChI=1S/C13H26N2/c1-3-4-6-9-12(2)15-13-10-7-5-8-11-14-13/h12H,3-11H2,1-2H3,(H,14,15). The highest BCUT2D eigenvalue weighted by molar-refractivity contribution is 5.82. The largest absolute Gasteiger partial charge is 0.371 e. The van der Waals surface area contributed by atoms with Gasteiger partial charge in [-0.3, -0.25) is 4.99 Å². The molecule has 0 bridgehead atoms. The molecule has 0 aromatic carbocycles. The molecule has 0 aromatic heterocycles. The van der Waals surface area contributed by atoms with E-state index in [4.69, 9.17) is 0 Å². The fraction of sp³-hybridized carbons (Fsp3) is 0.923. The molecular weight excluding hydrogens is 184 g/mol. The van der Waals surface area contributed by atoms with Crippen molar-refractivity contribution < 1.29 is 0 Å². The minimum absolute atomic E-state index is 0.605. The average molecular weight is 210 g/mol. The van der Waals surface area contributed by atoms with Gasteiger partial charge in [-0.15, -0.1) is 0 Å². The second kappa shape index (κ2) is 7.72. The molecule has 0 saturated carbocycles. The predicted octanol–water partition coefficient (Wildman–Crippen LogP) is 3.52. The van der Waals surface area contributed by atoms with E-state index in [2.05, 4.69) is 24.2 Å². The summed E-state index contributed by atoms with van der Waals surface area (Å²) in [6.45, 7) is 5.57. The second-order valence-corrected chi connectivity index (χ2v) is 4.68. The van der Waals surface area contributed by atoms with Gasteiger partial charge in [0.1, 0.15) is 0 Å². The number of amidine groups is 1. The molecular formula is C13H26N2. The van der Waals surface area contributed by atoms with Crippen molar-refractivity contribution >= 4 is 5.84 Å². The lowest BCUT2D eigenvalue weighted by atomic mass is 10.1. The van der Waals surface area contributed by atoms with Crippen LogP contribution in [0, 0.1) is 0 Å². The number of rotatable bonds is 5. The van der Waals surface area contributed by atoms with E-state index in [1.54, 1.807) is 0 Å². The molecule has 0 spiro atoms. The van der Waals surface area contributed by atoms with Crippen LogP contribution in [0.2, 0.25) is 0 Å². The van der Waals surface area contributed by atoms with Crippen molar-refractivity contribution in [3.63, 3.8) is 0 Å². The first-order chi connectivity index (χ1) is 7.33. The number of hydrogen-bond acceptors (Lipinski definition) is 2. The Balaban J connectivity index is 2.17. The van der Waals surface area contributed by atoms with Crippen molar-refractivity contribution in [2.45, 2.75) is 71.3 Å². The van der Waals surface area contributed by atoms with Crippen molar-refractivity contribution in [1.82, 2.24) is 5.32 Å². The van der Waals surface area contributed by atoms with E-state index < -0.39 is 0 Å². The Morgan fingerprint density at radius 1 is 1.27 bits per heavy atom. The first-order valence-electron chi connectivity index (χ1n) is 6.62. The van der Waals surface area contributed by atoms with Crippen molar-refractivity contribution in [3.05, 3.63) is 0 Å². The summed E-state index contributed by atoms with van der Waals surface area (Å²) in [5.41, 5.74) is 0. The Morgan fingerprint density at radius 3 is 2.93 bits per heavy atom. The summed E-state index contributed by atoms with van der Waals surface area (Å²) in [6.07, 6.45) is 10.4. The van der Waals surface area contributed by atoms with E-state index in [9.17, 15) is 0 Å². The van der Waals surface area contributed by atoms with Gasteiger partial charge in [0.05, 0.1) is 5.84 Å². The van der Waals surface area contributed by atoms with Gasteiger partial charge < -0.3 is 5.32 Å². The van der Waals surface area contributed by atoms with Crippen LogP contribution < -0.4 is 5.32 Å². The van der Waals surface area contributed by atoms with E-state index in [1.807, 2.05) is 0 Å². The molecule has 88 valence electrons. The monoisotopic (exact) mass is 210 g/mol. The van der Waals surface area contributed by atoms with E-state index in [0.717, 1.165) is 13.0 Å². The summed E-state index contributed by atoms with van der Waals surface area (Å²) < 4.78 is 0. The maximum Gasteiger partial charge on any atom is 0.0965 e. The van der Waals surface area contributed by atoms with Crippen molar-refractivity contribution in [1.29, 1.82) is 0 Å². The molecule has 15 heavy (non-hydrogen) atoms. The first kappa shape index (κ1) is 12.5. The van der Waals surface area contributed by atoms with Gasteiger partial charge in [0, 0.05) is 19.0 Å². The van der Waals surface area contributed by atoms with Crippen LogP contribution in [0.5, 0.6) is 0 Å². The van der Waals surface area contributed by atoms with E-state index >= 15 is 0 Å². The molecule has 1 aliphatic heterocycles. The molecule has 0 radical (unpaired) electrons. The summed E-state index contributed by atoms with van der Waals surface area (Å²) in [5, 5.41) is 3.57. The summed E-state index contributed by atoms with van der Waals surface area (Å²) >= 11 is 0. The van der Waals surface area contributed by atoms with Gasteiger partial charge in [0.2, 0.25) is 0 Å². The Bertz CT molecular complexity index is 187. The fourth-order valence-corrected chi connectivity index (χ4v) is 2.05. The van der Waals surface area contributed by atoms with Crippen LogP contribution >= 0.6 is 0 Å². The highest BCUT2D eigenvalue weighted by atomic mass is 15.0. The van der Waals surface area contributed by atoms with Gasteiger partial charge >= 0.3 is 0 Å². The number of hydrogen-bond donors (Lipinski definition) is 1. The molecule has 1 aliphatic rings. The summed E-state index contributed by atoms with van der Waals surface area (Å²) in [4.78, 5) is 4.60. The number of unbranched alkanes of at least 4 members (excludes halogenated alkanes) is 2. The Morgan fingerprint density at radius 2 is 2.13 bits per heavy atom. The van der Waals surface area contributed by atoms with E-state index in [0.29, 0.717) is 6.04 Å². The summed E-state index contributed by atoms with van der Waals surface area (Å²) in [5.74, 6) is 1.26. The van der Waals surface area contributed by atoms with Crippen molar-refractivity contribution in [3.8, 4) is 0 Å². The zero-order valence-electron chi connectivity index (χ0n) is 10.4. The van der Waals surface area contributed by atoms with Crippen molar-refractivity contribution in [2.75, 3.05) is 6.54 Å². The minimum atomic E-state index is 0.605. The van der Waals surface area contributed by atoms with Crippen LogP contribution in [0.3, 0.4) is 0 Å². The molecule has 2 heteroatoms. The van der Waals surface area contributed by atoms with Crippen molar-refractivity contribution in [2.24, 2.45) is 4.99 Å². The molecule has 1 N–H and O–H groups in total. The smallest absolute Gasteiger partial charge is 0.0965 e. The zero-order valence-corrected chi connectivity index (χ0v) is 10.4. The minimum Gasteiger partial charge on any atom is -0.371 e. The SMILES string of the molecule is CCCCCC(C)NC1=NCCCCC1. The van der Waals surface area contributed by atoms with Crippen LogP contribution in [0.25, 0.3) is 0 Å². The Labute approximate surface area is 94.6 Å². The molecule has 0 amide bonds. The normalized spacial score (nSPS) is 19.2. The molecule has 0 fully saturated rings. The highest BCUT2D eigenvalue weighted by Crippen LogP contribution is 2.08. The lowest BCUT2D eigenvalue weighted by Crippen LogP contribution is -2.32. The van der Waals surface area contributed by atoms with E-state index in [-0.39, 0.29) is 0 Å². The Kier molecular flexibility index (Phi) is 6.45. The third-order valence-electron chi connectivity index (χ3n) is 3.03. The van der Waals surface area contributed by atoms with E-state index in [1.165, 1.54) is 50.8 Å². The van der Waals surface area contributed by atoms with Crippen LogP contribution in [0.4, 0.5) is 0 Å². The van der Waals surface area contributed by atoms with Crippen LogP contribution in [-0.4, -0.2) is 18.4 Å². The predicted molar refractivity (Wildman–Crippen MR) is 67.5 cm³/mol. The molecule has 1 rings (SSSR count). The molecule has 1 atom stereocenters. The lowest BCUT2D eigenvalue weighted by Gasteiger charge is -2.16. The zero-order chi connectivity index (χ0) is 10.9. The quantitative estimate of drug-likeness (QED) is 0.690. The van der Waals surface area contributed by atoms with Gasteiger partial charge in [-0.25, -0.2) is 0 Å². The molecule has 0 aliphatic carbocycles. The molecule has 0 saturated heterocycles. The summed E-state index contributed by atoms with van der Waals surface area (Å²) in [7, 11) is 0. The molecule has 0 aromatic rings. The topological polar surface area (TPSA) is 24.4 Å². The van der Waals surface area contributed by atoms with Gasteiger partial charge in [-0.05, 0) is 26.2 Å². The number of nitrogens with one attached hydrogen (secondary N) is 1. The number of nitrogens with zero attached hydrogens (tertiary/aromatic N) is 1. The fourth-order valence-electron chi connectivity index (χ4n) is 2.05. The highest BCUT2D eigenvalue weighted by Gasteiger charge is 2.07. The average Bonchev–Trinajstić information content (AvgIpc) is 2.47. The maximum absolute atomic E-state index is 4.60. The van der Waals surface area contributed by atoms with Gasteiger partial charge in [-0.1, -0.05) is 32.6 Å². The van der Waals surface area contributed by atoms with Crippen LogP contribution in [0.1, 0.15) is 65.2 Å². The van der Waals surface area contributed by atoms with Gasteiger partial charge in [0.15, 0.2) is 0 Å². The molecule has 1 unspecified atom stereocenters. The lowest BCUT2D eigenvalue weighted by molar-refractivity contribution is 0.550. The maximum atomic E-state index is 4.60. The third-order valence-corrected chi connectivity index (χ3v) is 3.03. The van der Waals surface area contributed by atoms with Gasteiger partial charge in [-0.2, -0.15) is 0 Å².